The second kappa shape index (κ2) is 11.5. The molecule has 0 amide bonds. The lowest BCUT2D eigenvalue weighted by Gasteiger charge is -1.98. The molecule has 0 aliphatic heterocycles. The highest BCUT2D eigenvalue weighted by molar-refractivity contribution is 5.79. The topological polar surface area (TPSA) is 24.4 Å². The first-order chi connectivity index (χ1) is 6.12. The van der Waals surface area contributed by atoms with Crippen molar-refractivity contribution >= 4 is 5.84 Å². The van der Waals surface area contributed by atoms with Gasteiger partial charge in [0.15, 0.2) is 0 Å². The van der Waals surface area contributed by atoms with Gasteiger partial charge in [0.1, 0.15) is 0 Å². The van der Waals surface area contributed by atoms with Crippen LogP contribution in [0.4, 0.5) is 0 Å². The van der Waals surface area contributed by atoms with Crippen LogP contribution in [0.1, 0.15) is 47.5 Å². The molecule has 1 N–H and O–H groups in total. The summed E-state index contributed by atoms with van der Waals surface area (Å²) in [7, 11) is 1.78. The summed E-state index contributed by atoms with van der Waals surface area (Å²) in [6.45, 7) is 11.7. The lowest BCUT2D eigenvalue weighted by Crippen LogP contribution is -2.18. The third kappa shape index (κ3) is 14.3. The normalized spacial score (nSPS) is 10.8. The average Bonchev–Trinajstić information content (AvgIpc) is 2.18. The molecule has 0 aliphatic carbocycles. The molecule has 0 radical (unpaired) electrons. The van der Waals surface area contributed by atoms with E-state index in [2.05, 4.69) is 38.0 Å². The Morgan fingerprint density at radius 3 is 1.77 bits per heavy atom. The van der Waals surface area contributed by atoms with E-state index in [1.165, 1.54) is 12.8 Å². The van der Waals surface area contributed by atoms with E-state index in [9.17, 15) is 0 Å². The monoisotopic (exact) mass is 186 g/mol. The number of rotatable bonds is 3. The van der Waals surface area contributed by atoms with Gasteiger partial charge in [0.25, 0.3) is 0 Å². The smallest absolute Gasteiger partial charge is 0.0928 e. The lowest BCUT2D eigenvalue weighted by atomic mass is 10.1. The van der Waals surface area contributed by atoms with Crippen LogP contribution in [0.25, 0.3) is 0 Å². The molecule has 0 saturated heterocycles. The minimum Gasteiger partial charge on any atom is -0.374 e. The molecule has 80 valence electrons. The molecule has 0 aliphatic rings. The third-order valence-electron chi connectivity index (χ3n) is 2.16. The molecule has 0 aromatic rings. The zero-order chi connectivity index (χ0) is 10.7. The number of hydrogen-bond donors (Lipinski definition) is 1. The van der Waals surface area contributed by atoms with Crippen molar-refractivity contribution in [2.75, 3.05) is 13.6 Å². The van der Waals surface area contributed by atoms with Crippen molar-refractivity contribution in [2.24, 2.45) is 10.9 Å². The van der Waals surface area contributed by atoms with Crippen molar-refractivity contribution in [2.45, 2.75) is 47.5 Å². The van der Waals surface area contributed by atoms with Crippen LogP contribution in [0.15, 0.2) is 4.99 Å². The highest BCUT2D eigenvalue weighted by Gasteiger charge is 1.88. The Morgan fingerprint density at radius 1 is 1.23 bits per heavy atom. The van der Waals surface area contributed by atoms with Gasteiger partial charge in [0.2, 0.25) is 0 Å². The van der Waals surface area contributed by atoms with Gasteiger partial charge in [-0.15, -0.1) is 0 Å². The molecule has 0 heterocycles. The summed E-state index contributed by atoms with van der Waals surface area (Å²) in [5.41, 5.74) is 0. The van der Waals surface area contributed by atoms with E-state index in [0.29, 0.717) is 0 Å². The summed E-state index contributed by atoms with van der Waals surface area (Å²) in [4.78, 5) is 3.88. The zero-order valence-corrected chi connectivity index (χ0v) is 10.1. The van der Waals surface area contributed by atoms with Crippen LogP contribution in [-0.4, -0.2) is 19.4 Å². The molecule has 0 aromatic carbocycles. The maximum atomic E-state index is 3.88. The van der Waals surface area contributed by atoms with Crippen molar-refractivity contribution in [1.29, 1.82) is 0 Å². The Morgan fingerprint density at radius 2 is 1.69 bits per heavy atom. The standard InChI is InChI=1S/C6H14.C5H12N2/c1-4-6(3)5-2;1-4-7-5(2)6-3/h6H,4-5H2,1-3H3;4H2,1-3H3,(H,6,7). The first kappa shape index (κ1) is 15.0. The number of nitrogens with zero attached hydrogens (tertiary/aromatic N) is 1. The summed E-state index contributed by atoms with van der Waals surface area (Å²) in [6, 6.07) is 0. The maximum Gasteiger partial charge on any atom is 0.0928 e. The summed E-state index contributed by atoms with van der Waals surface area (Å²) in [5, 5.41) is 3.05. The van der Waals surface area contributed by atoms with E-state index in [1.807, 2.05) is 6.92 Å². The van der Waals surface area contributed by atoms with Crippen molar-refractivity contribution in [3.05, 3.63) is 0 Å². The van der Waals surface area contributed by atoms with Gasteiger partial charge in [-0.25, -0.2) is 0 Å². The Hall–Kier alpha value is -0.530. The van der Waals surface area contributed by atoms with Crippen LogP contribution >= 0.6 is 0 Å². The molecule has 0 spiro atoms. The van der Waals surface area contributed by atoms with E-state index in [0.717, 1.165) is 18.3 Å². The van der Waals surface area contributed by atoms with Crippen molar-refractivity contribution < 1.29 is 0 Å². The number of nitrogens with one attached hydrogen (secondary N) is 1. The summed E-state index contributed by atoms with van der Waals surface area (Å²) < 4.78 is 0. The van der Waals surface area contributed by atoms with Crippen molar-refractivity contribution in [3.8, 4) is 0 Å². The van der Waals surface area contributed by atoms with E-state index in [4.69, 9.17) is 0 Å². The Kier molecular flexibility index (Phi) is 13.2. The van der Waals surface area contributed by atoms with Gasteiger partial charge in [0.05, 0.1) is 5.84 Å². The molecule has 0 rings (SSSR count). The molecular weight excluding hydrogens is 160 g/mol. The molecule has 0 bridgehead atoms. The van der Waals surface area contributed by atoms with E-state index < -0.39 is 0 Å². The second-order valence-corrected chi connectivity index (χ2v) is 3.26. The van der Waals surface area contributed by atoms with E-state index in [1.54, 1.807) is 7.05 Å². The van der Waals surface area contributed by atoms with Crippen LogP contribution in [0.3, 0.4) is 0 Å². The summed E-state index contributed by atoms with van der Waals surface area (Å²) in [5.74, 6) is 1.94. The number of hydrogen-bond acceptors (Lipinski definition) is 1. The fourth-order valence-corrected chi connectivity index (χ4v) is 0.624. The van der Waals surface area contributed by atoms with E-state index in [-0.39, 0.29) is 0 Å². The van der Waals surface area contributed by atoms with Crippen LogP contribution in [0.5, 0.6) is 0 Å². The van der Waals surface area contributed by atoms with Crippen LogP contribution in [-0.2, 0) is 0 Å². The third-order valence-corrected chi connectivity index (χ3v) is 2.16. The molecule has 0 fully saturated rings. The summed E-state index contributed by atoms with van der Waals surface area (Å²) in [6.07, 6.45) is 2.66. The quantitative estimate of drug-likeness (QED) is 0.531. The SMILES string of the molecule is CCC(C)CC.CCNC(C)=NC. The largest absolute Gasteiger partial charge is 0.374 e. The average molecular weight is 186 g/mol. The van der Waals surface area contributed by atoms with Crippen molar-refractivity contribution in [3.63, 3.8) is 0 Å². The van der Waals surface area contributed by atoms with Gasteiger partial charge in [0, 0.05) is 13.6 Å². The number of aliphatic imine (C=N–C) groups is 1. The van der Waals surface area contributed by atoms with Gasteiger partial charge in [-0.2, -0.15) is 0 Å². The van der Waals surface area contributed by atoms with Gasteiger partial charge in [-0.05, 0) is 19.8 Å². The molecular formula is C11H26N2. The van der Waals surface area contributed by atoms with Gasteiger partial charge in [-0.3, -0.25) is 4.99 Å². The predicted molar refractivity (Wildman–Crippen MR) is 62.5 cm³/mol. The Balaban J connectivity index is 0. The highest BCUT2D eigenvalue weighted by Crippen LogP contribution is 2.02. The second-order valence-electron chi connectivity index (χ2n) is 3.26. The van der Waals surface area contributed by atoms with Gasteiger partial charge >= 0.3 is 0 Å². The lowest BCUT2D eigenvalue weighted by molar-refractivity contribution is 0.544. The molecule has 0 unspecified atom stereocenters. The fraction of sp³-hybridized carbons (Fsp3) is 0.909. The van der Waals surface area contributed by atoms with Crippen LogP contribution < -0.4 is 5.32 Å². The van der Waals surface area contributed by atoms with Crippen molar-refractivity contribution in [1.82, 2.24) is 5.32 Å². The molecule has 2 nitrogen and oxygen atoms in total. The van der Waals surface area contributed by atoms with E-state index >= 15 is 0 Å². The Labute approximate surface area is 83.8 Å². The predicted octanol–water partition coefficient (Wildman–Crippen LogP) is 3.09. The zero-order valence-electron chi connectivity index (χ0n) is 10.1. The first-order valence-corrected chi connectivity index (χ1v) is 5.29. The highest BCUT2D eigenvalue weighted by atomic mass is 15.0. The summed E-state index contributed by atoms with van der Waals surface area (Å²) >= 11 is 0. The maximum absolute atomic E-state index is 3.88. The van der Waals surface area contributed by atoms with Gasteiger partial charge in [-0.1, -0.05) is 33.6 Å². The minimum atomic E-state index is 0.935. The molecule has 0 saturated carbocycles. The van der Waals surface area contributed by atoms with Crippen LogP contribution in [0, 0.1) is 5.92 Å². The molecule has 13 heavy (non-hydrogen) atoms. The fourth-order valence-electron chi connectivity index (χ4n) is 0.624. The number of amidine groups is 1. The first-order valence-electron chi connectivity index (χ1n) is 5.29. The van der Waals surface area contributed by atoms with Gasteiger partial charge < -0.3 is 5.32 Å². The minimum absolute atomic E-state index is 0.935. The van der Waals surface area contributed by atoms with Crippen LogP contribution in [0.2, 0.25) is 0 Å². The molecule has 0 atom stereocenters. The molecule has 2 heteroatoms. The Bertz CT molecular complexity index is 115. The molecule has 0 aromatic heterocycles.